The number of nitrogens with two attached hydrogens (primary N) is 3. The highest BCUT2D eigenvalue weighted by Gasteiger charge is 2.38. The first-order valence-corrected chi connectivity index (χ1v) is 14.1. The highest BCUT2D eigenvalue weighted by Crippen LogP contribution is 2.13. The Kier molecular flexibility index (Phi) is 23.0. The average molecular weight is 630 g/mol. The van der Waals surface area contributed by atoms with E-state index in [1.165, 1.54) is 32.1 Å². The quantitative estimate of drug-likeness (QED) is 0.0394. The van der Waals surface area contributed by atoms with Crippen LogP contribution in [0, 0.1) is 0 Å². The summed E-state index contributed by atoms with van der Waals surface area (Å²) in [6, 6.07) is -3.38. The van der Waals surface area contributed by atoms with E-state index in [9.17, 15) is 37.5 Å². The molecule has 0 radical (unpaired) electrons. The van der Waals surface area contributed by atoms with Crippen LogP contribution in [0.25, 0.3) is 0 Å². The fraction of sp³-hybridized carbons (Fsp3) is 0.769. The number of aliphatic carboxylic acids is 3. The van der Waals surface area contributed by atoms with Gasteiger partial charge in [0, 0.05) is 6.42 Å². The number of amides is 1. The molecule has 0 bridgehead atoms. The standard InChI is InChI=1S/C24H45N5O7.C2HF3O2/c1-2-3-4-5-6-7-8-9-10-16-36-23(35)19(29-24(26)27)14-15-20(30)28-18(22(33)34)13-11-12-17(25)21(31)32;3-2(4,5)1(6)7/h17-19H,2-16,25H2,1H3,(H,28,30)(H,31,32)(H,33,34)(H4,26,27,29);(H,6,7)/t17?,18?,19-;/m1./s1. The topological polar surface area (TPSA) is 258 Å². The van der Waals surface area contributed by atoms with Gasteiger partial charge in [-0.2, -0.15) is 13.2 Å². The van der Waals surface area contributed by atoms with Crippen molar-refractivity contribution < 1.29 is 57.2 Å². The summed E-state index contributed by atoms with van der Waals surface area (Å²) in [5, 5.41) is 27.6. The zero-order chi connectivity index (χ0) is 33.4. The third-order valence-corrected chi connectivity index (χ3v) is 5.91. The zero-order valence-corrected chi connectivity index (χ0v) is 24.4. The van der Waals surface area contributed by atoms with Gasteiger partial charge >= 0.3 is 30.1 Å². The molecule has 17 heteroatoms. The van der Waals surface area contributed by atoms with Crippen molar-refractivity contribution in [1.82, 2.24) is 5.32 Å². The van der Waals surface area contributed by atoms with E-state index < -0.39 is 54.1 Å². The van der Waals surface area contributed by atoms with Crippen LogP contribution in [0.3, 0.4) is 0 Å². The van der Waals surface area contributed by atoms with Crippen LogP contribution in [0.5, 0.6) is 0 Å². The van der Waals surface area contributed by atoms with Crippen LogP contribution in [0.15, 0.2) is 4.99 Å². The molecule has 3 atom stereocenters. The molecule has 0 rings (SSSR count). The lowest BCUT2D eigenvalue weighted by Gasteiger charge is -2.16. The summed E-state index contributed by atoms with van der Waals surface area (Å²) < 4.78 is 37.0. The number of hydrogen-bond donors (Lipinski definition) is 7. The first-order chi connectivity index (χ1) is 20.0. The molecular weight excluding hydrogens is 583 g/mol. The van der Waals surface area contributed by atoms with Gasteiger partial charge in [-0.15, -0.1) is 0 Å². The van der Waals surface area contributed by atoms with Crippen LogP contribution in [0.2, 0.25) is 0 Å². The normalized spacial score (nSPS) is 13.0. The number of carboxylic acids is 3. The number of carboxylic acid groups (broad SMARTS) is 3. The molecule has 0 fully saturated rings. The number of ether oxygens (including phenoxy) is 1. The van der Waals surface area contributed by atoms with E-state index in [2.05, 4.69) is 17.2 Å². The molecule has 0 aliphatic rings. The third kappa shape index (κ3) is 24.7. The second-order valence-electron chi connectivity index (χ2n) is 9.74. The van der Waals surface area contributed by atoms with E-state index >= 15 is 0 Å². The Labute approximate surface area is 248 Å². The molecule has 0 aromatic heterocycles. The fourth-order valence-electron chi connectivity index (χ4n) is 3.55. The monoisotopic (exact) mass is 629 g/mol. The minimum atomic E-state index is -5.08. The Morgan fingerprint density at radius 3 is 1.77 bits per heavy atom. The van der Waals surface area contributed by atoms with Crippen molar-refractivity contribution in [3.63, 3.8) is 0 Å². The van der Waals surface area contributed by atoms with Gasteiger partial charge in [-0.3, -0.25) is 9.59 Å². The number of aliphatic imine (C=N–C) groups is 1. The maximum Gasteiger partial charge on any atom is 0.490 e. The summed E-state index contributed by atoms with van der Waals surface area (Å²) in [5.41, 5.74) is 16.2. The maximum absolute atomic E-state index is 12.4. The Morgan fingerprint density at radius 2 is 1.33 bits per heavy atom. The first kappa shape index (κ1) is 41.5. The predicted molar refractivity (Wildman–Crippen MR) is 150 cm³/mol. The molecular formula is C26H46F3N5O9. The maximum atomic E-state index is 12.4. The van der Waals surface area contributed by atoms with E-state index in [4.69, 9.17) is 36.9 Å². The van der Waals surface area contributed by atoms with E-state index in [1.54, 1.807) is 0 Å². The molecule has 10 N–H and O–H groups in total. The number of nitrogens with zero attached hydrogens (tertiary/aromatic N) is 1. The Morgan fingerprint density at radius 1 is 0.814 bits per heavy atom. The van der Waals surface area contributed by atoms with Crippen molar-refractivity contribution >= 4 is 35.7 Å². The van der Waals surface area contributed by atoms with Gasteiger partial charge in [0.15, 0.2) is 12.0 Å². The summed E-state index contributed by atoms with van der Waals surface area (Å²) in [7, 11) is 0. The van der Waals surface area contributed by atoms with Crippen molar-refractivity contribution in [1.29, 1.82) is 0 Å². The minimum Gasteiger partial charge on any atom is -0.480 e. The van der Waals surface area contributed by atoms with Crippen LogP contribution in [-0.4, -0.2) is 82.0 Å². The van der Waals surface area contributed by atoms with Gasteiger partial charge in [-0.25, -0.2) is 19.4 Å². The van der Waals surface area contributed by atoms with Gasteiger partial charge in [-0.1, -0.05) is 58.3 Å². The number of carbonyl (C=O) groups is 5. The molecule has 2 unspecified atom stereocenters. The molecule has 250 valence electrons. The number of nitrogens with one attached hydrogen (secondary N) is 1. The SMILES string of the molecule is CCCCCCCCCCCOC(=O)[C@@H](CCC(=O)NC(CCCC(N)C(=O)O)C(=O)O)N=C(N)N.O=C(O)C(F)(F)F. The summed E-state index contributed by atoms with van der Waals surface area (Å²) in [6.45, 7) is 2.42. The highest BCUT2D eigenvalue weighted by molar-refractivity contribution is 5.85. The van der Waals surface area contributed by atoms with E-state index in [1.807, 2.05) is 0 Å². The molecule has 0 saturated heterocycles. The van der Waals surface area contributed by atoms with E-state index in [0.29, 0.717) is 0 Å². The number of guanidine groups is 1. The van der Waals surface area contributed by atoms with Crippen LogP contribution < -0.4 is 22.5 Å². The Hall–Kier alpha value is -3.63. The molecule has 0 aromatic carbocycles. The van der Waals surface area contributed by atoms with Crippen molar-refractivity contribution in [3.05, 3.63) is 0 Å². The molecule has 0 saturated carbocycles. The number of unbranched alkanes of at least 4 members (excludes halogenated alkanes) is 8. The Balaban J connectivity index is 0. The second-order valence-corrected chi connectivity index (χ2v) is 9.74. The average Bonchev–Trinajstić information content (AvgIpc) is 2.90. The van der Waals surface area contributed by atoms with Gasteiger partial charge in [0.1, 0.15) is 12.1 Å². The van der Waals surface area contributed by atoms with Crippen LogP contribution in [-0.2, 0) is 28.7 Å². The zero-order valence-electron chi connectivity index (χ0n) is 24.4. The molecule has 43 heavy (non-hydrogen) atoms. The summed E-state index contributed by atoms with van der Waals surface area (Å²) in [6.07, 6.45) is 5.10. The van der Waals surface area contributed by atoms with Crippen LogP contribution in [0.1, 0.15) is 96.8 Å². The molecule has 14 nitrogen and oxygen atoms in total. The molecule has 0 aliphatic carbocycles. The van der Waals surface area contributed by atoms with Gasteiger partial charge in [0.25, 0.3) is 0 Å². The van der Waals surface area contributed by atoms with Crippen molar-refractivity contribution in [2.24, 2.45) is 22.2 Å². The number of alkyl halides is 3. The van der Waals surface area contributed by atoms with Gasteiger partial charge in [-0.05, 0) is 32.1 Å². The third-order valence-electron chi connectivity index (χ3n) is 5.91. The lowest BCUT2D eigenvalue weighted by Crippen LogP contribution is -2.41. The summed E-state index contributed by atoms with van der Waals surface area (Å²) >= 11 is 0. The largest absolute Gasteiger partial charge is 0.490 e. The minimum absolute atomic E-state index is 0.0141. The Bertz CT molecular complexity index is 885. The predicted octanol–water partition coefficient (Wildman–Crippen LogP) is 2.27. The second kappa shape index (κ2) is 23.9. The summed E-state index contributed by atoms with van der Waals surface area (Å²) in [5.74, 6) is -6.76. The van der Waals surface area contributed by atoms with Crippen molar-refractivity contribution in [3.8, 4) is 0 Å². The fourth-order valence-corrected chi connectivity index (χ4v) is 3.55. The number of halogens is 3. The number of rotatable bonds is 22. The van der Waals surface area contributed by atoms with Crippen molar-refractivity contribution in [2.75, 3.05) is 6.61 Å². The molecule has 1 amide bonds. The van der Waals surface area contributed by atoms with E-state index in [-0.39, 0.29) is 44.7 Å². The molecule has 0 aromatic rings. The summed E-state index contributed by atoms with van der Waals surface area (Å²) in [4.78, 5) is 59.6. The van der Waals surface area contributed by atoms with Crippen molar-refractivity contribution in [2.45, 2.75) is 121 Å². The first-order valence-electron chi connectivity index (χ1n) is 14.1. The number of carbonyl (C=O) groups excluding carboxylic acids is 2. The van der Waals surface area contributed by atoms with Gasteiger partial charge < -0.3 is 42.6 Å². The van der Waals surface area contributed by atoms with Crippen LogP contribution >= 0.6 is 0 Å². The molecule has 0 spiro atoms. The smallest absolute Gasteiger partial charge is 0.480 e. The molecule has 0 heterocycles. The van der Waals surface area contributed by atoms with Gasteiger partial charge in [0.05, 0.1) is 6.61 Å². The number of hydrogen-bond acceptors (Lipinski definition) is 8. The van der Waals surface area contributed by atoms with E-state index in [0.717, 1.165) is 25.7 Å². The highest BCUT2D eigenvalue weighted by atomic mass is 19.4. The lowest BCUT2D eigenvalue weighted by molar-refractivity contribution is -0.192. The van der Waals surface area contributed by atoms with Gasteiger partial charge in [0.2, 0.25) is 5.91 Å². The molecule has 0 aliphatic heterocycles. The number of esters is 1. The van der Waals surface area contributed by atoms with Crippen LogP contribution in [0.4, 0.5) is 13.2 Å². The lowest BCUT2D eigenvalue weighted by atomic mass is 10.1.